The van der Waals surface area contributed by atoms with Crippen LogP contribution in [0.4, 0.5) is 5.95 Å². The van der Waals surface area contributed by atoms with Gasteiger partial charge in [0.1, 0.15) is 17.6 Å². The first kappa shape index (κ1) is 17.0. The van der Waals surface area contributed by atoms with E-state index in [1.807, 2.05) is 29.2 Å². The van der Waals surface area contributed by atoms with Crippen LogP contribution in [0.5, 0.6) is 0 Å². The molecule has 1 aromatic carbocycles. The van der Waals surface area contributed by atoms with Crippen molar-refractivity contribution in [1.29, 1.82) is 0 Å². The summed E-state index contributed by atoms with van der Waals surface area (Å²) in [4.78, 5) is 15.1. The number of benzene rings is 1. The quantitative estimate of drug-likeness (QED) is 0.685. The molecule has 26 heavy (non-hydrogen) atoms. The molecule has 1 aliphatic heterocycles. The van der Waals surface area contributed by atoms with Crippen molar-refractivity contribution < 1.29 is 5.11 Å². The topological polar surface area (TPSA) is 93.1 Å². The number of aliphatic hydroxyl groups excluding tert-OH is 1. The number of imidazole rings is 1. The number of hydrogen-bond donors (Lipinski definition) is 2. The summed E-state index contributed by atoms with van der Waals surface area (Å²) in [6.07, 6.45) is 3.33. The molecule has 3 aromatic rings. The van der Waals surface area contributed by atoms with Crippen LogP contribution in [0.15, 0.2) is 43.1 Å². The minimum Gasteiger partial charge on any atom is -0.375 e. The lowest BCUT2D eigenvalue weighted by Crippen LogP contribution is -2.31. The van der Waals surface area contributed by atoms with Crippen LogP contribution >= 0.6 is 11.6 Å². The number of rotatable bonds is 4. The summed E-state index contributed by atoms with van der Waals surface area (Å²) in [6, 6.07) is 7.66. The molecule has 134 valence electrons. The lowest BCUT2D eigenvalue weighted by atomic mass is 10.2. The van der Waals surface area contributed by atoms with Crippen LogP contribution in [0.2, 0.25) is 5.02 Å². The van der Waals surface area contributed by atoms with Gasteiger partial charge in [-0.3, -0.25) is 4.90 Å². The Balaban J connectivity index is 1.87. The van der Waals surface area contributed by atoms with Gasteiger partial charge < -0.3 is 15.4 Å². The molecule has 1 fully saturated rings. The van der Waals surface area contributed by atoms with E-state index < -0.39 is 6.23 Å². The number of nitrogens with zero attached hydrogens (tertiary/aromatic N) is 5. The number of nitrogen functional groups attached to an aromatic ring is 1. The molecule has 8 heteroatoms. The fourth-order valence-corrected chi connectivity index (χ4v) is 3.67. The summed E-state index contributed by atoms with van der Waals surface area (Å²) in [6.45, 7) is 5.07. The largest absolute Gasteiger partial charge is 0.375 e. The fraction of sp³-hybridized carbons (Fsp3) is 0.278. The highest BCUT2D eigenvalue weighted by Crippen LogP contribution is 2.35. The molecule has 0 aliphatic carbocycles. The van der Waals surface area contributed by atoms with Gasteiger partial charge in [-0.25, -0.2) is 9.97 Å². The van der Waals surface area contributed by atoms with E-state index in [9.17, 15) is 5.11 Å². The summed E-state index contributed by atoms with van der Waals surface area (Å²) >= 11 is 6.42. The molecule has 7 nitrogen and oxygen atoms in total. The van der Waals surface area contributed by atoms with Crippen molar-refractivity contribution in [2.75, 3.05) is 18.8 Å². The number of fused-ring (bicyclic) bond motifs is 1. The van der Waals surface area contributed by atoms with Gasteiger partial charge in [-0.2, -0.15) is 4.98 Å². The molecular weight excluding hydrogens is 352 g/mol. The van der Waals surface area contributed by atoms with Crippen LogP contribution in [0.25, 0.3) is 22.6 Å². The monoisotopic (exact) mass is 370 g/mol. The van der Waals surface area contributed by atoms with E-state index in [-0.39, 0.29) is 12.0 Å². The molecule has 0 radical (unpaired) electrons. The highest BCUT2D eigenvalue weighted by Gasteiger charge is 2.31. The smallest absolute Gasteiger partial charge is 0.222 e. The summed E-state index contributed by atoms with van der Waals surface area (Å²) in [7, 11) is 0. The zero-order valence-electron chi connectivity index (χ0n) is 14.1. The molecule has 0 amide bonds. The fourth-order valence-electron chi connectivity index (χ4n) is 3.45. The van der Waals surface area contributed by atoms with Gasteiger partial charge >= 0.3 is 0 Å². The van der Waals surface area contributed by atoms with Gasteiger partial charge in [0.15, 0.2) is 5.65 Å². The van der Waals surface area contributed by atoms with Gasteiger partial charge in [-0.1, -0.05) is 30.3 Å². The van der Waals surface area contributed by atoms with Crippen molar-refractivity contribution in [3.63, 3.8) is 0 Å². The number of nitrogens with two attached hydrogens (primary N) is 1. The maximum Gasteiger partial charge on any atom is 0.222 e. The summed E-state index contributed by atoms with van der Waals surface area (Å²) in [5, 5.41) is 10.7. The second-order valence-corrected chi connectivity index (χ2v) is 6.72. The van der Waals surface area contributed by atoms with Crippen LogP contribution in [-0.2, 0) is 0 Å². The normalized spacial score (nSPS) is 19.1. The Morgan fingerprint density at radius 1 is 1.35 bits per heavy atom. The van der Waals surface area contributed by atoms with E-state index >= 15 is 0 Å². The Kier molecular flexibility index (Phi) is 4.36. The maximum atomic E-state index is 10.1. The number of likely N-dealkylation sites (tertiary alicyclic amines) is 1. The zero-order valence-corrected chi connectivity index (χ0v) is 14.8. The minimum atomic E-state index is -0.668. The van der Waals surface area contributed by atoms with Crippen molar-refractivity contribution in [1.82, 2.24) is 24.4 Å². The van der Waals surface area contributed by atoms with Crippen molar-refractivity contribution in [3.05, 3.63) is 48.1 Å². The second-order valence-electron chi connectivity index (χ2n) is 6.31. The van der Waals surface area contributed by atoms with Gasteiger partial charge in [0.05, 0.1) is 17.3 Å². The van der Waals surface area contributed by atoms with E-state index in [4.69, 9.17) is 22.3 Å². The average molecular weight is 371 g/mol. The Morgan fingerprint density at radius 3 is 2.92 bits per heavy atom. The Bertz CT molecular complexity index is 971. The molecule has 2 atom stereocenters. The molecule has 0 bridgehead atoms. The van der Waals surface area contributed by atoms with Gasteiger partial charge in [0.2, 0.25) is 5.95 Å². The zero-order chi connectivity index (χ0) is 18.3. The third-order valence-electron chi connectivity index (χ3n) is 4.71. The Hall–Kier alpha value is -2.48. The standard InChI is InChI=1S/C18H19ClN6O/c1-2-15(26)24-8-7-11(10-24)25-16(12-5-3-4-6-13(12)19)22-14-9-21-18(20)23-17(14)25/h2-6,9,11,15,26H,1,7-8,10H2,(H2,20,21,23). The van der Waals surface area contributed by atoms with Gasteiger partial charge in [-0.15, -0.1) is 0 Å². The Morgan fingerprint density at radius 2 is 2.15 bits per heavy atom. The van der Waals surface area contributed by atoms with Crippen molar-refractivity contribution >= 4 is 28.7 Å². The van der Waals surface area contributed by atoms with Crippen LogP contribution in [0, 0.1) is 0 Å². The van der Waals surface area contributed by atoms with E-state index in [2.05, 4.69) is 21.1 Å². The predicted molar refractivity (Wildman–Crippen MR) is 102 cm³/mol. The molecule has 2 unspecified atom stereocenters. The predicted octanol–water partition coefficient (Wildman–Crippen LogP) is 2.48. The third kappa shape index (κ3) is 2.84. The number of aliphatic hydroxyl groups is 1. The third-order valence-corrected chi connectivity index (χ3v) is 5.04. The number of halogens is 1. The van der Waals surface area contributed by atoms with Crippen molar-refractivity contribution in [2.45, 2.75) is 18.7 Å². The van der Waals surface area contributed by atoms with Gasteiger partial charge in [0, 0.05) is 18.7 Å². The van der Waals surface area contributed by atoms with Crippen LogP contribution in [-0.4, -0.2) is 48.8 Å². The summed E-state index contributed by atoms with van der Waals surface area (Å²) in [5.74, 6) is 0.927. The SMILES string of the molecule is C=CC(O)N1CCC(n2c(-c3ccccc3Cl)nc3cnc(N)nc32)C1. The summed E-state index contributed by atoms with van der Waals surface area (Å²) < 4.78 is 2.06. The molecule has 4 rings (SSSR count). The summed E-state index contributed by atoms with van der Waals surface area (Å²) in [5.41, 5.74) is 7.98. The lowest BCUT2D eigenvalue weighted by Gasteiger charge is -2.21. The minimum absolute atomic E-state index is 0.0789. The molecule has 0 saturated carbocycles. The molecule has 1 saturated heterocycles. The first-order chi connectivity index (χ1) is 12.6. The molecule has 0 spiro atoms. The van der Waals surface area contributed by atoms with Crippen LogP contribution < -0.4 is 5.73 Å². The number of aromatic nitrogens is 4. The van der Waals surface area contributed by atoms with Crippen molar-refractivity contribution in [3.8, 4) is 11.4 Å². The van der Waals surface area contributed by atoms with E-state index in [1.54, 1.807) is 6.20 Å². The first-order valence-electron chi connectivity index (χ1n) is 8.38. The maximum absolute atomic E-state index is 10.1. The van der Waals surface area contributed by atoms with Gasteiger partial charge in [0.25, 0.3) is 0 Å². The number of anilines is 1. The Labute approximate surface area is 155 Å². The van der Waals surface area contributed by atoms with Crippen LogP contribution in [0.3, 0.4) is 0 Å². The van der Waals surface area contributed by atoms with Crippen molar-refractivity contribution in [2.24, 2.45) is 0 Å². The highest BCUT2D eigenvalue weighted by molar-refractivity contribution is 6.33. The lowest BCUT2D eigenvalue weighted by molar-refractivity contribution is 0.0590. The molecule has 1 aliphatic rings. The molecular formula is C18H19ClN6O. The highest BCUT2D eigenvalue weighted by atomic mass is 35.5. The molecule has 2 aromatic heterocycles. The van der Waals surface area contributed by atoms with E-state index in [0.717, 1.165) is 24.4 Å². The van der Waals surface area contributed by atoms with Crippen LogP contribution in [0.1, 0.15) is 12.5 Å². The van der Waals surface area contributed by atoms with E-state index in [1.165, 1.54) is 6.08 Å². The second kappa shape index (κ2) is 6.68. The molecule has 3 N–H and O–H groups in total. The molecule has 3 heterocycles. The van der Waals surface area contributed by atoms with Gasteiger partial charge in [-0.05, 0) is 24.6 Å². The van der Waals surface area contributed by atoms with E-state index in [0.29, 0.717) is 22.7 Å². The first-order valence-corrected chi connectivity index (χ1v) is 8.76. The average Bonchev–Trinajstić information content (AvgIpc) is 3.25. The number of hydrogen-bond acceptors (Lipinski definition) is 6.